The van der Waals surface area contributed by atoms with Crippen molar-refractivity contribution in [1.29, 1.82) is 0 Å². The van der Waals surface area contributed by atoms with Gasteiger partial charge in [0.05, 0.1) is 13.7 Å². The number of rotatable bonds is 7. The third-order valence-corrected chi connectivity index (χ3v) is 1.61. The van der Waals surface area contributed by atoms with Crippen LogP contribution in [0.5, 0.6) is 0 Å². The number of ether oxygens (including phenoxy) is 2. The zero-order valence-corrected chi connectivity index (χ0v) is 10.4. The van der Waals surface area contributed by atoms with Crippen LogP contribution in [0.15, 0.2) is 36.5 Å². The first kappa shape index (κ1) is 15.3. The molecule has 0 bridgehead atoms. The monoisotopic (exact) mass is 253 g/mol. The van der Waals surface area contributed by atoms with Gasteiger partial charge in [-0.1, -0.05) is 18.2 Å². The van der Waals surface area contributed by atoms with Gasteiger partial charge in [-0.05, 0) is 6.08 Å². The molecule has 0 aromatic rings. The average Bonchev–Trinajstić information content (AvgIpc) is 2.34. The summed E-state index contributed by atoms with van der Waals surface area (Å²) in [6.45, 7) is 0.576. The lowest BCUT2D eigenvalue weighted by Gasteiger charge is -1.95. The fourth-order valence-electron chi connectivity index (χ4n) is 0.699. The van der Waals surface area contributed by atoms with Crippen molar-refractivity contribution in [1.82, 2.24) is 0 Å². The molecule has 0 heterocycles. The molecule has 0 aliphatic carbocycles. The Morgan fingerprint density at radius 3 is 2.24 bits per heavy atom. The lowest BCUT2D eigenvalue weighted by molar-refractivity contribution is -0.138. The van der Waals surface area contributed by atoms with Crippen molar-refractivity contribution in [3.8, 4) is 0 Å². The second kappa shape index (κ2) is 10.8. The molecule has 6 heteroatoms. The summed E-state index contributed by atoms with van der Waals surface area (Å²) in [4.78, 5) is 21.6. The molecule has 3 radical (unpaired) electrons. The predicted octanol–water partition coefficient (Wildman–Crippen LogP) is 0.471. The van der Waals surface area contributed by atoms with Gasteiger partial charge in [0.2, 0.25) is 10.5 Å². The second-order valence-corrected chi connectivity index (χ2v) is 2.94. The van der Waals surface area contributed by atoms with E-state index in [1.54, 1.807) is 24.3 Å². The van der Waals surface area contributed by atoms with Gasteiger partial charge in [-0.3, -0.25) is 0 Å². The largest absolute Gasteiger partial charge is 0.466 e. The molecule has 0 aromatic heterocycles. The number of hydrogen-bond donors (Lipinski definition) is 0. The molecule has 0 unspecified atom stereocenters. The second-order valence-electron chi connectivity index (χ2n) is 2.65. The smallest absolute Gasteiger partial charge is 0.331 e. The maximum absolute atomic E-state index is 11.0. The normalized spacial score (nSPS) is 11.4. The van der Waals surface area contributed by atoms with E-state index in [1.807, 2.05) is 0 Å². The van der Waals surface area contributed by atoms with Crippen LogP contribution in [0.25, 0.3) is 0 Å². The zero-order chi connectivity index (χ0) is 12.9. The molecule has 91 valence electrons. The van der Waals surface area contributed by atoms with Crippen LogP contribution in [-0.4, -0.2) is 42.7 Å². The van der Waals surface area contributed by atoms with Crippen LogP contribution >= 0.6 is 0 Å². The van der Waals surface area contributed by atoms with Crippen molar-refractivity contribution in [2.24, 2.45) is 0 Å². The van der Waals surface area contributed by atoms with Gasteiger partial charge in [-0.15, -0.1) is 0 Å². The first-order valence-corrected chi connectivity index (χ1v) is 5.14. The Hall–Kier alpha value is -1.66. The lowest BCUT2D eigenvalue weighted by Crippen LogP contribution is -2.02. The summed E-state index contributed by atoms with van der Waals surface area (Å²) in [5.41, 5.74) is 0. The van der Waals surface area contributed by atoms with Crippen molar-refractivity contribution < 1.29 is 23.5 Å². The number of carbonyl (C=O) groups is 2. The molecule has 0 rings (SSSR count). The predicted molar refractivity (Wildman–Crippen MR) is 62.1 cm³/mol. The molecule has 0 saturated heterocycles. The lowest BCUT2D eigenvalue weighted by atomic mass is 10.4. The summed E-state index contributed by atoms with van der Waals surface area (Å²) in [7, 11) is 4.07. The molecule has 17 heavy (non-hydrogen) atoms. The maximum Gasteiger partial charge on any atom is 0.331 e. The van der Waals surface area contributed by atoms with Crippen molar-refractivity contribution in [2.75, 3.05) is 20.3 Å². The Kier molecular flexibility index (Phi) is 9.78. The van der Waals surface area contributed by atoms with E-state index in [9.17, 15) is 9.59 Å². The van der Waals surface area contributed by atoms with Crippen LogP contribution in [0, 0.1) is 0 Å². The van der Waals surface area contributed by atoms with E-state index < -0.39 is 11.9 Å². The molecule has 5 nitrogen and oxygen atoms in total. The average molecular weight is 253 g/mol. The summed E-state index contributed by atoms with van der Waals surface area (Å²) < 4.78 is 13.7. The van der Waals surface area contributed by atoms with E-state index in [1.165, 1.54) is 7.11 Å². The number of methoxy groups -OCH3 is 1. The summed E-state index contributed by atoms with van der Waals surface area (Å²) in [5.74, 6) is -1.21. The number of carbonyl (C=O) groups excluding carboxylic acids is 2. The van der Waals surface area contributed by atoms with E-state index in [2.05, 4.69) is 19.6 Å². The molecular formula is C11H13O5Si. The van der Waals surface area contributed by atoms with Gasteiger partial charge in [0.15, 0.2) is 0 Å². The molecule has 0 spiro atoms. The van der Waals surface area contributed by atoms with Crippen LogP contribution in [-0.2, 0) is 23.5 Å². The van der Waals surface area contributed by atoms with Crippen LogP contribution in [0.1, 0.15) is 0 Å². The summed E-state index contributed by atoms with van der Waals surface area (Å²) >= 11 is 0. The number of allylic oxidation sites excluding steroid dienone is 2. The number of esters is 2. The Balaban J connectivity index is 3.71. The molecule has 0 aliphatic rings. The van der Waals surface area contributed by atoms with Crippen molar-refractivity contribution in [2.45, 2.75) is 0 Å². The molecule has 0 amide bonds. The Morgan fingerprint density at radius 2 is 1.65 bits per heavy atom. The molecule has 0 aromatic carbocycles. The van der Waals surface area contributed by atoms with E-state index in [-0.39, 0.29) is 6.61 Å². The minimum atomic E-state index is -0.604. The topological polar surface area (TPSA) is 61.8 Å². The molecule has 0 atom stereocenters. The van der Waals surface area contributed by atoms with Crippen LogP contribution in [0.2, 0.25) is 0 Å². The van der Waals surface area contributed by atoms with Gasteiger partial charge in [0, 0.05) is 12.2 Å². The molecule has 0 fully saturated rings. The molecule has 0 aliphatic heterocycles. The van der Waals surface area contributed by atoms with Crippen LogP contribution < -0.4 is 0 Å². The van der Waals surface area contributed by atoms with Crippen molar-refractivity contribution in [3.05, 3.63) is 36.5 Å². The maximum atomic E-state index is 11.0. The Morgan fingerprint density at radius 1 is 1.06 bits per heavy atom. The van der Waals surface area contributed by atoms with Crippen LogP contribution in [0.4, 0.5) is 0 Å². The van der Waals surface area contributed by atoms with Gasteiger partial charge in [0.25, 0.3) is 0 Å². The van der Waals surface area contributed by atoms with Gasteiger partial charge in [-0.2, -0.15) is 0 Å². The fraction of sp³-hybridized carbons (Fsp3) is 0.273. The van der Waals surface area contributed by atoms with Gasteiger partial charge >= 0.3 is 11.9 Å². The third kappa shape index (κ3) is 10.6. The minimum Gasteiger partial charge on any atom is -0.466 e. The minimum absolute atomic E-state index is 0.128. The van der Waals surface area contributed by atoms with Gasteiger partial charge < -0.3 is 13.9 Å². The summed E-state index contributed by atoms with van der Waals surface area (Å²) in [5, 5.41) is 0. The zero-order valence-electron chi connectivity index (χ0n) is 9.42. The summed E-state index contributed by atoms with van der Waals surface area (Å²) in [6, 6.07) is 0. The van der Waals surface area contributed by atoms with E-state index in [4.69, 9.17) is 4.74 Å². The van der Waals surface area contributed by atoms with Gasteiger partial charge in [-0.25, -0.2) is 9.59 Å². The first-order chi connectivity index (χ1) is 8.20. The van der Waals surface area contributed by atoms with E-state index in [0.717, 1.165) is 12.2 Å². The SMILES string of the molecule is COC(=O)/C=C\C(=O)OC/C=C/C=C/CO[Si]. The Bertz CT molecular complexity index is 320. The highest BCUT2D eigenvalue weighted by molar-refractivity contribution is 5.98. The van der Waals surface area contributed by atoms with Gasteiger partial charge in [0.1, 0.15) is 6.61 Å². The standard InChI is InChI=1S/C11H13O5Si/c1-14-10(12)6-7-11(13)15-8-4-2-3-5-9-16-17/h2-7H,8-9H2,1H3/b4-2+,5-3+,7-6-. The van der Waals surface area contributed by atoms with E-state index >= 15 is 0 Å². The fourth-order valence-corrected chi connectivity index (χ4v) is 0.795. The van der Waals surface area contributed by atoms with E-state index in [0.29, 0.717) is 6.61 Å². The van der Waals surface area contributed by atoms with Crippen molar-refractivity contribution >= 4 is 22.4 Å². The van der Waals surface area contributed by atoms with Crippen molar-refractivity contribution in [3.63, 3.8) is 0 Å². The quantitative estimate of drug-likeness (QED) is 0.286. The number of hydrogen-bond acceptors (Lipinski definition) is 5. The highest BCUT2D eigenvalue weighted by Gasteiger charge is 1.96. The Labute approximate surface area is 103 Å². The van der Waals surface area contributed by atoms with Crippen LogP contribution in [0.3, 0.4) is 0 Å². The first-order valence-electron chi connectivity index (χ1n) is 4.73. The highest BCUT2D eigenvalue weighted by Crippen LogP contribution is 1.86. The molecule has 0 N–H and O–H groups in total. The molecular weight excluding hydrogens is 240 g/mol. The molecule has 0 saturated carbocycles. The third-order valence-electron chi connectivity index (χ3n) is 1.44. The summed E-state index contributed by atoms with van der Waals surface area (Å²) in [6.07, 6.45) is 8.88. The highest BCUT2D eigenvalue weighted by atomic mass is 28.2.